The Kier molecular flexibility index (Phi) is 4.43. The zero-order chi connectivity index (χ0) is 15.6. The number of nitrogens with zero attached hydrogens (tertiary/aromatic N) is 1. The van der Waals surface area contributed by atoms with Gasteiger partial charge in [-0.3, -0.25) is 0 Å². The molecular weight excluding hydrogens is 270 g/mol. The van der Waals surface area contributed by atoms with E-state index < -0.39 is 0 Å². The topological polar surface area (TPSA) is 44.0 Å². The summed E-state index contributed by atoms with van der Waals surface area (Å²) in [4.78, 5) is 0. The fourth-order valence-electron chi connectivity index (χ4n) is 4.63. The predicted octanol–water partition coefficient (Wildman–Crippen LogP) is 5.28. The van der Waals surface area contributed by atoms with Crippen LogP contribution in [0.15, 0.2) is 18.2 Å². The van der Waals surface area contributed by atoms with Crippen LogP contribution in [0.25, 0.3) is 0 Å². The van der Waals surface area contributed by atoms with Gasteiger partial charge in [0.05, 0.1) is 11.5 Å². The number of fused-ring (bicyclic) bond motifs is 1. The van der Waals surface area contributed by atoms with Crippen LogP contribution in [-0.2, 0) is 0 Å². The largest absolute Gasteiger partial charge is 0.507 e. The summed E-state index contributed by atoms with van der Waals surface area (Å²) in [5.74, 6) is 2.30. The minimum atomic E-state index is 0.0628. The third kappa shape index (κ3) is 2.86. The minimum absolute atomic E-state index is 0.0628. The van der Waals surface area contributed by atoms with E-state index in [4.69, 9.17) is 5.11 Å². The summed E-state index contributed by atoms with van der Waals surface area (Å²) in [6.45, 7) is 2.21. The molecule has 0 spiro atoms. The summed E-state index contributed by atoms with van der Waals surface area (Å²) in [5.41, 5.74) is 0.0628. The summed E-state index contributed by atoms with van der Waals surface area (Å²) < 4.78 is 0. The van der Waals surface area contributed by atoms with Gasteiger partial charge in [-0.2, -0.15) is 5.26 Å². The minimum Gasteiger partial charge on any atom is -0.507 e. The van der Waals surface area contributed by atoms with Crippen LogP contribution in [0.2, 0.25) is 0 Å². The van der Waals surface area contributed by atoms with Crippen molar-refractivity contribution in [3.8, 4) is 11.8 Å². The highest BCUT2D eigenvalue weighted by Crippen LogP contribution is 2.49. The van der Waals surface area contributed by atoms with Crippen LogP contribution in [-0.4, -0.2) is 5.11 Å². The van der Waals surface area contributed by atoms with Crippen LogP contribution in [0.3, 0.4) is 0 Å². The Bertz CT molecular complexity index is 659. The van der Waals surface area contributed by atoms with Gasteiger partial charge in [0, 0.05) is 5.22 Å². The quantitative estimate of drug-likeness (QED) is 0.819. The second kappa shape index (κ2) is 6.32. The predicted molar refractivity (Wildman–Crippen MR) is 88.0 cm³/mol. The van der Waals surface area contributed by atoms with Crippen LogP contribution in [0.1, 0.15) is 64.7 Å². The van der Waals surface area contributed by atoms with Gasteiger partial charge in [-0.15, -0.1) is 0 Å². The Morgan fingerprint density at radius 2 is 2.00 bits per heavy atom. The molecule has 22 heavy (non-hydrogen) atoms. The molecule has 0 aliphatic heterocycles. The van der Waals surface area contributed by atoms with Crippen molar-refractivity contribution in [1.29, 1.82) is 5.26 Å². The Balaban J connectivity index is 0.000000169. The standard InChI is InChI=1S/C14H23N.C6H4O/c1-2-8-14(11-15)9-7-12-5-3-4-6-13(12)10-14;7-6-3-4-1-2-5(4)6/h12-13H,2-10H2,1H3;1-3,7H. The molecule has 0 radical (unpaired) electrons. The first-order valence-electron chi connectivity index (χ1n) is 8.92. The van der Waals surface area contributed by atoms with Gasteiger partial charge in [0.1, 0.15) is 5.75 Å². The molecule has 0 saturated heterocycles. The lowest BCUT2D eigenvalue weighted by Gasteiger charge is -2.43. The second-order valence-electron chi connectivity index (χ2n) is 7.42. The average Bonchev–Trinajstić information content (AvgIpc) is 2.53. The number of aromatic hydroxyl groups is 1. The molecule has 2 heteroatoms. The number of benzene rings is 1. The number of hydrogen-bond donors (Lipinski definition) is 1. The summed E-state index contributed by atoms with van der Waals surface area (Å²) >= 11 is 0. The molecule has 2 saturated carbocycles. The van der Waals surface area contributed by atoms with E-state index >= 15 is 0 Å². The molecule has 3 atom stereocenters. The normalized spacial score (nSPS) is 31.3. The third-order valence-electron chi connectivity index (χ3n) is 5.99. The van der Waals surface area contributed by atoms with Crippen molar-refractivity contribution in [2.75, 3.05) is 0 Å². The first-order chi connectivity index (χ1) is 10.7. The van der Waals surface area contributed by atoms with Crippen LogP contribution < -0.4 is 0 Å². The molecule has 0 aromatic rings. The number of rotatable bonds is 2. The van der Waals surface area contributed by atoms with Crippen molar-refractivity contribution in [1.82, 2.24) is 0 Å². The molecule has 118 valence electrons. The summed E-state index contributed by atoms with van der Waals surface area (Å²) in [7, 11) is 0. The van der Waals surface area contributed by atoms with E-state index in [1.807, 2.05) is 12.1 Å². The van der Waals surface area contributed by atoms with Crippen molar-refractivity contribution in [2.45, 2.75) is 64.7 Å². The lowest BCUT2D eigenvalue weighted by Crippen LogP contribution is -2.34. The lowest BCUT2D eigenvalue weighted by atomic mass is 9.60. The maximum Gasteiger partial charge on any atom is 0.124 e. The smallest absolute Gasteiger partial charge is 0.124 e. The number of phenols is 1. The summed E-state index contributed by atoms with van der Waals surface area (Å²) in [6, 6.07) is 8.30. The molecule has 0 amide bonds. The van der Waals surface area contributed by atoms with Gasteiger partial charge < -0.3 is 5.11 Å². The molecule has 0 heterocycles. The van der Waals surface area contributed by atoms with E-state index in [9.17, 15) is 5.26 Å². The SMILES string of the molecule is CCCC1(C#N)CCC2CCCCC2C1.Oc1cc2ccc1=2. The second-order valence-corrected chi connectivity index (χ2v) is 7.42. The monoisotopic (exact) mass is 297 g/mol. The van der Waals surface area contributed by atoms with Crippen molar-refractivity contribution in [3.05, 3.63) is 28.6 Å². The Labute approximate surface area is 133 Å². The zero-order valence-corrected chi connectivity index (χ0v) is 13.6. The maximum atomic E-state index is 9.41. The first kappa shape index (κ1) is 15.4. The van der Waals surface area contributed by atoms with Gasteiger partial charge in [0.2, 0.25) is 0 Å². The van der Waals surface area contributed by atoms with Crippen molar-refractivity contribution < 1.29 is 5.11 Å². The highest BCUT2D eigenvalue weighted by molar-refractivity contribution is 5.37. The summed E-state index contributed by atoms with van der Waals surface area (Å²) in [5, 5.41) is 20.3. The van der Waals surface area contributed by atoms with Crippen molar-refractivity contribution in [3.63, 3.8) is 0 Å². The van der Waals surface area contributed by atoms with Gasteiger partial charge in [0.25, 0.3) is 0 Å². The highest BCUT2D eigenvalue weighted by atomic mass is 16.3. The molecule has 0 aromatic heterocycles. The molecule has 3 unspecified atom stereocenters. The van der Waals surface area contributed by atoms with E-state index in [0.29, 0.717) is 5.75 Å². The molecule has 1 N–H and O–H groups in total. The molecule has 4 rings (SSSR count). The lowest BCUT2D eigenvalue weighted by molar-refractivity contribution is 0.0880. The maximum absolute atomic E-state index is 9.41. The fraction of sp³-hybridized carbons (Fsp3) is 0.650. The molecule has 0 aromatic carbocycles. The van der Waals surface area contributed by atoms with Crippen LogP contribution in [0, 0.1) is 39.0 Å². The average molecular weight is 297 g/mol. The highest BCUT2D eigenvalue weighted by Gasteiger charge is 2.40. The van der Waals surface area contributed by atoms with Crippen LogP contribution in [0.4, 0.5) is 0 Å². The molecule has 2 nitrogen and oxygen atoms in total. The van der Waals surface area contributed by atoms with E-state index in [2.05, 4.69) is 13.0 Å². The fourth-order valence-corrected chi connectivity index (χ4v) is 4.63. The van der Waals surface area contributed by atoms with E-state index in [0.717, 1.165) is 23.5 Å². The molecule has 0 bridgehead atoms. The van der Waals surface area contributed by atoms with E-state index in [1.165, 1.54) is 56.6 Å². The molecule has 4 aliphatic carbocycles. The van der Waals surface area contributed by atoms with Crippen LogP contribution in [0.5, 0.6) is 5.75 Å². The van der Waals surface area contributed by atoms with Gasteiger partial charge in [-0.25, -0.2) is 0 Å². The first-order valence-corrected chi connectivity index (χ1v) is 8.92. The molecular formula is C20H27NO. The van der Waals surface area contributed by atoms with Crippen molar-refractivity contribution >= 4 is 0 Å². The summed E-state index contributed by atoms with van der Waals surface area (Å²) in [6.07, 6.45) is 11.7. The third-order valence-corrected chi connectivity index (χ3v) is 5.99. The zero-order valence-electron chi connectivity index (χ0n) is 13.6. The van der Waals surface area contributed by atoms with Gasteiger partial charge in [-0.1, -0.05) is 51.2 Å². The van der Waals surface area contributed by atoms with Crippen LogP contribution >= 0.6 is 0 Å². The van der Waals surface area contributed by atoms with E-state index in [1.54, 1.807) is 6.07 Å². The number of phenolic OH excluding ortho intramolecular Hbond substituents is 1. The number of nitriles is 1. The Morgan fingerprint density at radius 1 is 1.23 bits per heavy atom. The van der Waals surface area contributed by atoms with Gasteiger partial charge >= 0.3 is 0 Å². The molecule has 2 fully saturated rings. The Morgan fingerprint density at radius 3 is 2.45 bits per heavy atom. The van der Waals surface area contributed by atoms with E-state index in [-0.39, 0.29) is 5.41 Å². The Hall–Kier alpha value is -1.49. The number of hydrogen-bond acceptors (Lipinski definition) is 2. The molecule has 4 aliphatic rings. The van der Waals surface area contributed by atoms with Gasteiger partial charge in [0.15, 0.2) is 0 Å². The van der Waals surface area contributed by atoms with Crippen molar-refractivity contribution in [2.24, 2.45) is 17.3 Å². The van der Waals surface area contributed by atoms with Gasteiger partial charge in [-0.05, 0) is 48.8 Å².